The predicted molar refractivity (Wildman–Crippen MR) is 409 cm³/mol. The van der Waals surface area contributed by atoms with Crippen LogP contribution in [0.25, 0.3) is 0 Å². The normalized spacial score (nSPS) is 14.3. The fourth-order valence-electron chi connectivity index (χ4n) is 12.0. The summed E-state index contributed by atoms with van der Waals surface area (Å²) in [5.74, 6) is -1.28. The van der Waals surface area contributed by atoms with Gasteiger partial charge in [0.25, 0.3) is 0 Å². The molecule has 0 amide bonds. The van der Waals surface area contributed by atoms with Crippen LogP contribution < -0.4 is 0 Å². The number of carbonyl (C=O) groups excluding carboxylic acids is 4. The van der Waals surface area contributed by atoms with Crippen molar-refractivity contribution in [2.45, 2.75) is 425 Å². The van der Waals surface area contributed by atoms with E-state index in [1.165, 1.54) is 212 Å². The third-order valence-corrected chi connectivity index (χ3v) is 20.7. The molecule has 0 aliphatic rings. The number of phosphoric acid groups is 2. The summed E-state index contributed by atoms with van der Waals surface area (Å²) >= 11 is 0. The highest BCUT2D eigenvalue weighted by atomic mass is 31.2. The fourth-order valence-corrected chi connectivity index (χ4v) is 13.6. The Morgan fingerprint density at radius 1 is 0.320 bits per heavy atom. The zero-order valence-electron chi connectivity index (χ0n) is 64.8. The molecule has 0 spiro atoms. The molecule has 0 fully saturated rings. The van der Waals surface area contributed by atoms with Crippen molar-refractivity contribution in [2.75, 3.05) is 39.6 Å². The standard InChI is InChI=1S/C81H154O17P2/c1-6-10-13-16-18-20-22-24-26-27-31-35-38-42-46-50-55-60-65-79(84)92-71-77(98-81(86)67-62-57-52-48-44-40-36-32-29-28-30-34-37-41-45-49-54-58-63-74(5)9-4)73-96-100(89,90)94-69-75(82)68-93-99(87,88)95-72-76(70-91-78(83)64-59-53-15-12-8-3)97-80(85)66-61-56-51-47-43-39-33-25-23-21-19-17-14-11-7-2/h21,23,25,33,74-77,82H,6-20,22,24,26-32,34-73H2,1-5H3,(H,87,88)(H,89,90)/b23-21-,33-25-/t74?,75-,76+,77+/m0/s1. The van der Waals surface area contributed by atoms with Gasteiger partial charge in [0, 0.05) is 25.7 Å². The monoisotopic (exact) mass is 1460 g/mol. The number of rotatable bonds is 79. The Labute approximate surface area is 612 Å². The summed E-state index contributed by atoms with van der Waals surface area (Å²) in [5.41, 5.74) is 0. The lowest BCUT2D eigenvalue weighted by Gasteiger charge is -2.21. The first-order valence-electron chi connectivity index (χ1n) is 41.5. The molecule has 0 aromatic heterocycles. The molecular weight excluding hydrogens is 1310 g/mol. The summed E-state index contributed by atoms with van der Waals surface area (Å²) in [6, 6.07) is 0. The Balaban J connectivity index is 5.14. The molecule has 3 unspecified atom stereocenters. The van der Waals surface area contributed by atoms with E-state index < -0.39 is 97.5 Å². The van der Waals surface area contributed by atoms with Crippen LogP contribution in [0.4, 0.5) is 0 Å². The van der Waals surface area contributed by atoms with Gasteiger partial charge < -0.3 is 33.8 Å². The van der Waals surface area contributed by atoms with E-state index in [4.69, 9.17) is 37.0 Å². The first-order valence-corrected chi connectivity index (χ1v) is 44.5. The molecule has 0 aliphatic heterocycles. The third-order valence-electron chi connectivity index (χ3n) is 18.8. The number of aliphatic hydroxyl groups excluding tert-OH is 1. The molecule has 0 aliphatic carbocycles. The zero-order chi connectivity index (χ0) is 73.4. The number of unbranched alkanes of at least 4 members (excludes halogenated alkanes) is 47. The molecule has 0 aromatic rings. The second-order valence-corrected chi connectivity index (χ2v) is 31.6. The van der Waals surface area contributed by atoms with E-state index in [9.17, 15) is 43.2 Å². The molecule has 0 heterocycles. The molecule has 0 aromatic carbocycles. The van der Waals surface area contributed by atoms with Crippen LogP contribution in [0, 0.1) is 5.92 Å². The zero-order valence-corrected chi connectivity index (χ0v) is 66.6. The topological polar surface area (TPSA) is 237 Å². The molecule has 0 saturated heterocycles. The van der Waals surface area contributed by atoms with Crippen molar-refractivity contribution in [3.05, 3.63) is 24.3 Å². The first kappa shape index (κ1) is 97.5. The highest BCUT2D eigenvalue weighted by Gasteiger charge is 2.30. The number of allylic oxidation sites excluding steroid dienone is 4. The van der Waals surface area contributed by atoms with Crippen molar-refractivity contribution in [2.24, 2.45) is 5.92 Å². The maximum atomic E-state index is 13.1. The van der Waals surface area contributed by atoms with Crippen molar-refractivity contribution in [3.63, 3.8) is 0 Å². The molecule has 100 heavy (non-hydrogen) atoms. The van der Waals surface area contributed by atoms with Crippen LogP contribution in [-0.4, -0.2) is 96.7 Å². The van der Waals surface area contributed by atoms with E-state index >= 15 is 0 Å². The molecule has 6 atom stereocenters. The van der Waals surface area contributed by atoms with Crippen molar-refractivity contribution >= 4 is 39.5 Å². The van der Waals surface area contributed by atoms with Gasteiger partial charge >= 0.3 is 39.5 Å². The van der Waals surface area contributed by atoms with Crippen molar-refractivity contribution in [3.8, 4) is 0 Å². The largest absolute Gasteiger partial charge is 0.472 e. The number of phosphoric ester groups is 2. The van der Waals surface area contributed by atoms with E-state index in [-0.39, 0.29) is 25.7 Å². The maximum absolute atomic E-state index is 13.1. The minimum atomic E-state index is -4.96. The van der Waals surface area contributed by atoms with E-state index in [0.717, 1.165) is 115 Å². The van der Waals surface area contributed by atoms with E-state index in [0.29, 0.717) is 25.7 Å². The van der Waals surface area contributed by atoms with Gasteiger partial charge in [0.05, 0.1) is 26.4 Å². The van der Waals surface area contributed by atoms with Crippen LogP contribution >= 0.6 is 15.6 Å². The van der Waals surface area contributed by atoms with Gasteiger partial charge in [-0.1, -0.05) is 354 Å². The molecule has 0 rings (SSSR count). The average Bonchev–Trinajstić information content (AvgIpc) is 0.950. The third kappa shape index (κ3) is 72.5. The minimum absolute atomic E-state index is 0.0845. The Kier molecular flexibility index (Phi) is 71.6. The summed E-state index contributed by atoms with van der Waals surface area (Å²) in [5, 5.41) is 10.6. The van der Waals surface area contributed by atoms with E-state index in [1.54, 1.807) is 0 Å². The molecule has 0 radical (unpaired) electrons. The maximum Gasteiger partial charge on any atom is 0.472 e. The molecule has 3 N–H and O–H groups in total. The minimum Gasteiger partial charge on any atom is -0.462 e. The van der Waals surface area contributed by atoms with Gasteiger partial charge in [-0.15, -0.1) is 0 Å². The second-order valence-electron chi connectivity index (χ2n) is 28.7. The fraction of sp³-hybridized carbons (Fsp3) is 0.901. The quantitative estimate of drug-likeness (QED) is 0.0169. The summed E-state index contributed by atoms with van der Waals surface area (Å²) in [6.07, 6.45) is 67.9. The van der Waals surface area contributed by atoms with Crippen LogP contribution in [0.15, 0.2) is 24.3 Å². The predicted octanol–water partition coefficient (Wildman–Crippen LogP) is 24.0. The lowest BCUT2D eigenvalue weighted by Crippen LogP contribution is -2.30. The summed E-state index contributed by atoms with van der Waals surface area (Å²) in [7, 11) is -9.92. The Hall–Kier alpha value is -2.46. The highest BCUT2D eigenvalue weighted by molar-refractivity contribution is 7.47. The van der Waals surface area contributed by atoms with Gasteiger partial charge in [0.2, 0.25) is 0 Å². The molecule has 17 nitrogen and oxygen atoms in total. The second kappa shape index (κ2) is 73.4. The highest BCUT2D eigenvalue weighted by Crippen LogP contribution is 2.45. The smallest absolute Gasteiger partial charge is 0.462 e. The number of carbonyl (C=O) groups is 4. The van der Waals surface area contributed by atoms with Gasteiger partial charge in [-0.3, -0.25) is 37.3 Å². The van der Waals surface area contributed by atoms with Crippen LogP contribution in [0.5, 0.6) is 0 Å². The molecule has 0 saturated carbocycles. The molecular formula is C81H154O17P2. The first-order chi connectivity index (χ1) is 48.6. The van der Waals surface area contributed by atoms with Gasteiger partial charge in [0.15, 0.2) is 12.2 Å². The van der Waals surface area contributed by atoms with Gasteiger partial charge in [-0.25, -0.2) is 9.13 Å². The van der Waals surface area contributed by atoms with E-state index in [1.807, 2.05) is 0 Å². The number of esters is 4. The summed E-state index contributed by atoms with van der Waals surface area (Å²) in [6.45, 7) is 7.23. The number of hydrogen-bond acceptors (Lipinski definition) is 15. The van der Waals surface area contributed by atoms with E-state index in [2.05, 4.69) is 58.9 Å². The molecule has 590 valence electrons. The van der Waals surface area contributed by atoms with Crippen LogP contribution in [-0.2, 0) is 65.4 Å². The average molecular weight is 1460 g/mol. The number of hydrogen-bond donors (Lipinski definition) is 3. The van der Waals surface area contributed by atoms with Crippen LogP contribution in [0.1, 0.15) is 407 Å². The van der Waals surface area contributed by atoms with Crippen LogP contribution in [0.3, 0.4) is 0 Å². The van der Waals surface area contributed by atoms with Crippen molar-refractivity contribution < 1.29 is 80.2 Å². The van der Waals surface area contributed by atoms with Crippen molar-refractivity contribution in [1.29, 1.82) is 0 Å². The lowest BCUT2D eigenvalue weighted by molar-refractivity contribution is -0.161. The van der Waals surface area contributed by atoms with Crippen LogP contribution in [0.2, 0.25) is 0 Å². The van der Waals surface area contributed by atoms with Crippen molar-refractivity contribution in [1.82, 2.24) is 0 Å². The number of aliphatic hydroxyl groups is 1. The lowest BCUT2D eigenvalue weighted by atomic mass is 9.99. The summed E-state index contributed by atoms with van der Waals surface area (Å²) in [4.78, 5) is 72.7. The number of ether oxygens (including phenoxy) is 4. The molecule has 19 heteroatoms. The summed E-state index contributed by atoms with van der Waals surface area (Å²) < 4.78 is 68.4. The van der Waals surface area contributed by atoms with Gasteiger partial charge in [-0.2, -0.15) is 0 Å². The Morgan fingerprint density at radius 2 is 0.560 bits per heavy atom. The SMILES string of the molecule is CCCCCC/C=C\C=C/CCCCCCCC(=O)O[C@H](COC(=O)CCCCCCC)COP(=O)(O)OC[C@H](O)COP(=O)(O)OC[C@@H](COC(=O)CCCCCCCCCCCCCCCCCCCC)OC(=O)CCCCCCCCCCCCCCCCCCCCC(C)CC. The molecule has 0 bridgehead atoms. The Bertz CT molecular complexity index is 2010. The van der Waals surface area contributed by atoms with Gasteiger partial charge in [-0.05, 0) is 57.3 Å². The van der Waals surface area contributed by atoms with Gasteiger partial charge in [0.1, 0.15) is 19.3 Å². The Morgan fingerprint density at radius 3 is 0.850 bits per heavy atom.